The maximum absolute atomic E-state index is 15.2. The van der Waals surface area contributed by atoms with E-state index in [0.717, 1.165) is 18.5 Å². The summed E-state index contributed by atoms with van der Waals surface area (Å²) in [5, 5.41) is 27.4. The van der Waals surface area contributed by atoms with Gasteiger partial charge in [0.05, 0.1) is 35.3 Å². The second kappa shape index (κ2) is 7.65. The summed E-state index contributed by atoms with van der Waals surface area (Å²) in [5.74, 6) is -5.41. The molecule has 164 valence electrons. The van der Waals surface area contributed by atoms with Crippen molar-refractivity contribution in [1.29, 1.82) is 0 Å². The van der Waals surface area contributed by atoms with Gasteiger partial charge in [-0.15, -0.1) is 0 Å². The van der Waals surface area contributed by atoms with Crippen molar-refractivity contribution in [3.63, 3.8) is 0 Å². The quantitative estimate of drug-likeness (QED) is 0.574. The van der Waals surface area contributed by atoms with E-state index in [-0.39, 0.29) is 47.7 Å². The fraction of sp³-hybridized carbons (Fsp3) is 0.150. The first kappa shape index (κ1) is 20.8. The van der Waals surface area contributed by atoms with Gasteiger partial charge in [0, 0.05) is 24.7 Å². The van der Waals surface area contributed by atoms with Gasteiger partial charge in [0.1, 0.15) is 17.9 Å². The summed E-state index contributed by atoms with van der Waals surface area (Å²) in [5.41, 5.74) is -2.15. The van der Waals surface area contributed by atoms with Crippen LogP contribution in [0.1, 0.15) is 10.4 Å². The Morgan fingerprint density at radius 2 is 1.97 bits per heavy atom. The third kappa shape index (κ3) is 3.37. The number of hydrogen-bond donors (Lipinski definition) is 3. The van der Waals surface area contributed by atoms with E-state index in [1.165, 1.54) is 15.7 Å². The molecule has 0 saturated heterocycles. The zero-order valence-electron chi connectivity index (χ0n) is 16.1. The van der Waals surface area contributed by atoms with Gasteiger partial charge in [-0.2, -0.15) is 0 Å². The minimum Gasteiger partial charge on any atom is -0.487 e. The van der Waals surface area contributed by atoms with E-state index < -0.39 is 40.3 Å². The van der Waals surface area contributed by atoms with Gasteiger partial charge in [-0.3, -0.25) is 9.79 Å². The summed E-state index contributed by atoms with van der Waals surface area (Å²) in [6, 6.07) is 0.901. The minimum absolute atomic E-state index is 0.000299. The number of carboxylic acids is 3. The summed E-state index contributed by atoms with van der Waals surface area (Å²) < 4.78 is 22.3. The monoisotopic (exact) mass is 443 g/mol. The fourth-order valence-electron chi connectivity index (χ4n) is 3.59. The Morgan fingerprint density at radius 3 is 2.62 bits per heavy atom. The average molecular weight is 443 g/mol. The fourth-order valence-corrected chi connectivity index (χ4v) is 3.59. The molecule has 0 aliphatic carbocycles. The van der Waals surface area contributed by atoms with Crippen LogP contribution in [-0.4, -0.2) is 57.2 Å². The van der Waals surface area contributed by atoms with Gasteiger partial charge in [-0.25, -0.2) is 18.8 Å². The first-order valence-corrected chi connectivity index (χ1v) is 9.14. The van der Waals surface area contributed by atoms with Crippen molar-refractivity contribution in [1.82, 2.24) is 4.57 Å². The number of aromatic nitrogens is 1. The molecule has 4 rings (SSSR count). The molecule has 0 fully saturated rings. The zero-order chi connectivity index (χ0) is 23.2. The average Bonchev–Trinajstić information content (AvgIpc) is 2.73. The second-order valence-corrected chi connectivity index (χ2v) is 6.83. The molecule has 0 saturated carbocycles. The highest BCUT2D eigenvalue weighted by Crippen LogP contribution is 2.40. The van der Waals surface area contributed by atoms with Gasteiger partial charge in [-0.1, -0.05) is 0 Å². The second-order valence-electron chi connectivity index (χ2n) is 6.83. The van der Waals surface area contributed by atoms with Gasteiger partial charge in [0.15, 0.2) is 11.6 Å². The van der Waals surface area contributed by atoms with Crippen LogP contribution in [0.4, 0.5) is 10.1 Å². The summed E-state index contributed by atoms with van der Waals surface area (Å²) in [7, 11) is 0. The molecule has 0 atom stereocenters. The SMILES string of the molecule is O=C(O)C=C(C(=O)O)C1=CN(c2c(F)cc3c(=O)c(C(=O)O)cn4c3c2OCC4)CC=N1. The molecule has 12 heteroatoms. The van der Waals surface area contributed by atoms with Gasteiger partial charge < -0.3 is 29.5 Å². The number of pyridine rings is 1. The van der Waals surface area contributed by atoms with Crippen LogP contribution in [0.3, 0.4) is 0 Å². The summed E-state index contributed by atoms with van der Waals surface area (Å²) in [6.45, 7) is 0.292. The van der Waals surface area contributed by atoms with Crippen LogP contribution in [0.5, 0.6) is 5.75 Å². The molecule has 1 aromatic heterocycles. The summed E-state index contributed by atoms with van der Waals surface area (Å²) in [4.78, 5) is 51.6. The molecule has 0 radical (unpaired) electrons. The molecule has 2 aliphatic heterocycles. The van der Waals surface area contributed by atoms with Crippen molar-refractivity contribution in [3.05, 3.63) is 57.4 Å². The Kier molecular flexibility index (Phi) is 4.97. The van der Waals surface area contributed by atoms with Gasteiger partial charge in [0.2, 0.25) is 5.43 Å². The van der Waals surface area contributed by atoms with E-state index in [4.69, 9.17) is 9.84 Å². The number of aromatic carboxylic acids is 1. The predicted octanol–water partition coefficient (Wildman–Crippen LogP) is 1.06. The van der Waals surface area contributed by atoms with E-state index in [1.54, 1.807) is 0 Å². The molecule has 1 aromatic carbocycles. The summed E-state index contributed by atoms with van der Waals surface area (Å²) in [6.07, 6.45) is 4.07. The predicted molar refractivity (Wildman–Crippen MR) is 108 cm³/mol. The van der Waals surface area contributed by atoms with Crippen molar-refractivity contribution in [3.8, 4) is 5.75 Å². The molecule has 11 nitrogen and oxygen atoms in total. The molecule has 2 aliphatic rings. The number of halogens is 1. The number of ether oxygens (including phenoxy) is 1. The zero-order valence-corrected chi connectivity index (χ0v) is 16.1. The number of carboxylic acid groups (broad SMARTS) is 3. The Balaban J connectivity index is 1.94. The van der Waals surface area contributed by atoms with E-state index in [0.29, 0.717) is 6.08 Å². The number of aliphatic carboxylic acids is 2. The molecule has 0 amide bonds. The maximum atomic E-state index is 15.2. The summed E-state index contributed by atoms with van der Waals surface area (Å²) >= 11 is 0. The number of carbonyl (C=O) groups is 3. The van der Waals surface area contributed by atoms with Crippen molar-refractivity contribution < 1.29 is 38.8 Å². The Bertz CT molecular complexity index is 1360. The molecule has 2 aromatic rings. The molecule has 0 unspecified atom stereocenters. The van der Waals surface area contributed by atoms with Gasteiger partial charge in [-0.05, 0) is 6.07 Å². The highest BCUT2D eigenvalue weighted by atomic mass is 19.1. The molecule has 0 spiro atoms. The Morgan fingerprint density at radius 1 is 1.22 bits per heavy atom. The van der Waals surface area contributed by atoms with Crippen LogP contribution in [0, 0.1) is 5.82 Å². The molecule has 32 heavy (non-hydrogen) atoms. The van der Waals surface area contributed by atoms with E-state index in [1.807, 2.05) is 0 Å². The first-order valence-electron chi connectivity index (χ1n) is 9.14. The van der Waals surface area contributed by atoms with Crippen LogP contribution >= 0.6 is 0 Å². The van der Waals surface area contributed by atoms with E-state index in [9.17, 15) is 29.4 Å². The lowest BCUT2D eigenvalue weighted by atomic mass is 10.1. The van der Waals surface area contributed by atoms with Crippen molar-refractivity contribution in [2.45, 2.75) is 6.54 Å². The number of rotatable bonds is 5. The highest BCUT2D eigenvalue weighted by Gasteiger charge is 2.29. The van der Waals surface area contributed by atoms with E-state index >= 15 is 4.39 Å². The number of nitrogens with zero attached hydrogens (tertiary/aromatic N) is 3. The van der Waals surface area contributed by atoms with Crippen LogP contribution in [0.2, 0.25) is 0 Å². The molecule has 3 heterocycles. The lowest BCUT2D eigenvalue weighted by molar-refractivity contribution is -0.134. The third-order valence-electron chi connectivity index (χ3n) is 4.90. The number of aliphatic imine (C=N–C) groups is 1. The maximum Gasteiger partial charge on any atom is 0.341 e. The molecule has 0 bridgehead atoms. The number of benzene rings is 1. The third-order valence-corrected chi connectivity index (χ3v) is 4.90. The van der Waals surface area contributed by atoms with Gasteiger partial charge in [0.25, 0.3) is 0 Å². The van der Waals surface area contributed by atoms with Crippen LogP contribution in [0.15, 0.2) is 45.6 Å². The standard InChI is InChI=1S/C20H14FN3O8/c21-12-5-10-15-18(32-4-3-24(15)7-11(17(10)27)20(30)31)16(12)23-2-1-22-13(8-23)9(19(28)29)6-14(25)26/h1,5-8H,2-4H2,(H,25,26)(H,28,29)(H,30,31). The van der Waals surface area contributed by atoms with Crippen LogP contribution < -0.4 is 15.1 Å². The van der Waals surface area contributed by atoms with Crippen LogP contribution in [-0.2, 0) is 16.1 Å². The Labute approximate surface area is 177 Å². The molecular formula is C20H14FN3O8. The largest absolute Gasteiger partial charge is 0.487 e. The van der Waals surface area contributed by atoms with Crippen molar-refractivity contribution in [2.24, 2.45) is 4.99 Å². The first-order chi connectivity index (χ1) is 15.2. The lowest BCUT2D eigenvalue weighted by Gasteiger charge is -2.29. The van der Waals surface area contributed by atoms with E-state index in [2.05, 4.69) is 4.99 Å². The highest BCUT2D eigenvalue weighted by molar-refractivity contribution is 6.00. The topological polar surface area (TPSA) is 159 Å². The van der Waals surface area contributed by atoms with Crippen LogP contribution in [0.25, 0.3) is 10.9 Å². The van der Waals surface area contributed by atoms with Crippen molar-refractivity contribution >= 4 is 40.7 Å². The molecular weight excluding hydrogens is 429 g/mol. The normalized spacial score (nSPS) is 15.3. The number of hydrogen-bond acceptors (Lipinski definition) is 7. The Hall–Kier alpha value is -4.48. The lowest BCUT2D eigenvalue weighted by Crippen LogP contribution is -2.28. The van der Waals surface area contributed by atoms with Crippen molar-refractivity contribution in [2.75, 3.05) is 18.1 Å². The minimum atomic E-state index is -1.54. The molecule has 3 N–H and O–H groups in total. The smallest absolute Gasteiger partial charge is 0.341 e. The van der Waals surface area contributed by atoms with Gasteiger partial charge >= 0.3 is 17.9 Å². The number of anilines is 1.